The molecule has 0 bridgehead atoms. The molecule has 0 aromatic rings. The van der Waals surface area contributed by atoms with Crippen molar-refractivity contribution >= 4 is 5.97 Å². The summed E-state index contributed by atoms with van der Waals surface area (Å²) in [6.07, 6.45) is 0. The molecular weight excluding hydrogens is 180 g/mol. The largest absolute Gasteiger partial charge is 0.469 e. The standard InChI is InChI=1S/C10H20N2O2/c1-4-12(5-2)9-7-11-6-8(9)10(13)14-3/h8-9,11H,4-7H2,1-3H3. The number of hydrogen-bond acceptors (Lipinski definition) is 4. The van der Waals surface area contributed by atoms with E-state index in [2.05, 4.69) is 24.1 Å². The maximum atomic E-state index is 11.5. The van der Waals surface area contributed by atoms with Gasteiger partial charge < -0.3 is 10.1 Å². The predicted molar refractivity (Wildman–Crippen MR) is 55.1 cm³/mol. The van der Waals surface area contributed by atoms with E-state index in [9.17, 15) is 4.79 Å². The van der Waals surface area contributed by atoms with Gasteiger partial charge >= 0.3 is 5.97 Å². The van der Waals surface area contributed by atoms with Gasteiger partial charge in [-0.05, 0) is 13.1 Å². The molecule has 4 heteroatoms. The Bertz CT molecular complexity index is 193. The van der Waals surface area contributed by atoms with Crippen molar-refractivity contribution in [2.24, 2.45) is 5.92 Å². The van der Waals surface area contributed by atoms with Crippen LogP contribution in [0.25, 0.3) is 0 Å². The number of nitrogens with zero attached hydrogens (tertiary/aromatic N) is 1. The molecule has 82 valence electrons. The van der Waals surface area contributed by atoms with E-state index in [1.165, 1.54) is 7.11 Å². The summed E-state index contributed by atoms with van der Waals surface area (Å²) in [7, 11) is 1.46. The molecule has 0 aliphatic carbocycles. The number of carbonyl (C=O) groups is 1. The lowest BCUT2D eigenvalue weighted by Gasteiger charge is -2.28. The fourth-order valence-corrected chi connectivity index (χ4v) is 2.13. The highest BCUT2D eigenvalue weighted by atomic mass is 16.5. The summed E-state index contributed by atoms with van der Waals surface area (Å²) in [5.74, 6) is -0.0909. The quantitative estimate of drug-likeness (QED) is 0.653. The molecule has 1 aliphatic rings. The fraction of sp³-hybridized carbons (Fsp3) is 0.900. The first kappa shape index (κ1) is 11.5. The maximum Gasteiger partial charge on any atom is 0.311 e. The van der Waals surface area contributed by atoms with Crippen LogP contribution in [0.1, 0.15) is 13.8 Å². The minimum absolute atomic E-state index is 0.0000926. The van der Waals surface area contributed by atoms with E-state index in [0.717, 1.165) is 26.2 Å². The number of hydrogen-bond donors (Lipinski definition) is 1. The van der Waals surface area contributed by atoms with Crippen molar-refractivity contribution in [3.63, 3.8) is 0 Å². The Balaban J connectivity index is 2.62. The lowest BCUT2D eigenvalue weighted by atomic mass is 10.0. The smallest absolute Gasteiger partial charge is 0.311 e. The van der Waals surface area contributed by atoms with Crippen LogP contribution in [-0.4, -0.2) is 50.2 Å². The molecule has 0 aromatic heterocycles. The Kier molecular flexibility index (Phi) is 4.35. The lowest BCUT2D eigenvalue weighted by Crippen LogP contribution is -2.43. The Morgan fingerprint density at radius 2 is 2.07 bits per heavy atom. The maximum absolute atomic E-state index is 11.5. The second-order valence-corrected chi connectivity index (χ2v) is 3.58. The van der Waals surface area contributed by atoms with E-state index in [1.54, 1.807) is 0 Å². The third kappa shape index (κ3) is 2.25. The van der Waals surface area contributed by atoms with Gasteiger partial charge in [-0.1, -0.05) is 13.8 Å². The van der Waals surface area contributed by atoms with Gasteiger partial charge in [0.2, 0.25) is 0 Å². The summed E-state index contributed by atoms with van der Waals surface area (Å²) in [5, 5.41) is 3.24. The summed E-state index contributed by atoms with van der Waals surface area (Å²) in [4.78, 5) is 13.8. The molecule has 1 heterocycles. The van der Waals surface area contributed by atoms with Crippen LogP contribution in [0.4, 0.5) is 0 Å². The van der Waals surface area contributed by atoms with Crippen molar-refractivity contribution in [2.45, 2.75) is 19.9 Å². The minimum Gasteiger partial charge on any atom is -0.469 e. The van der Waals surface area contributed by atoms with Crippen LogP contribution in [0.3, 0.4) is 0 Å². The summed E-state index contributed by atoms with van der Waals surface area (Å²) < 4.78 is 4.80. The Labute approximate surface area is 85.6 Å². The summed E-state index contributed by atoms with van der Waals surface area (Å²) >= 11 is 0. The zero-order valence-corrected chi connectivity index (χ0v) is 9.25. The van der Waals surface area contributed by atoms with Crippen LogP contribution in [0.5, 0.6) is 0 Å². The second-order valence-electron chi connectivity index (χ2n) is 3.58. The van der Waals surface area contributed by atoms with Crippen molar-refractivity contribution in [3.8, 4) is 0 Å². The molecule has 1 N–H and O–H groups in total. The molecule has 2 unspecified atom stereocenters. The number of rotatable bonds is 4. The summed E-state index contributed by atoms with van der Waals surface area (Å²) in [6.45, 7) is 7.84. The van der Waals surface area contributed by atoms with Crippen molar-refractivity contribution in [1.82, 2.24) is 10.2 Å². The van der Waals surface area contributed by atoms with E-state index in [1.807, 2.05) is 0 Å². The molecule has 1 rings (SSSR count). The molecule has 1 aliphatic heterocycles. The first-order valence-electron chi connectivity index (χ1n) is 5.27. The predicted octanol–water partition coefficient (Wildman–Crippen LogP) is 0.0892. The zero-order valence-electron chi connectivity index (χ0n) is 9.25. The molecule has 0 spiro atoms. The zero-order chi connectivity index (χ0) is 10.6. The van der Waals surface area contributed by atoms with Crippen LogP contribution < -0.4 is 5.32 Å². The number of nitrogens with one attached hydrogen (secondary N) is 1. The number of methoxy groups -OCH3 is 1. The molecule has 2 atom stereocenters. The SMILES string of the molecule is CCN(CC)C1CNCC1C(=O)OC. The molecule has 0 radical (unpaired) electrons. The highest BCUT2D eigenvalue weighted by Gasteiger charge is 2.36. The van der Waals surface area contributed by atoms with Crippen LogP contribution in [-0.2, 0) is 9.53 Å². The van der Waals surface area contributed by atoms with Gasteiger partial charge in [-0.25, -0.2) is 0 Å². The number of carbonyl (C=O) groups excluding carboxylic acids is 1. The first-order chi connectivity index (χ1) is 6.74. The van der Waals surface area contributed by atoms with Gasteiger partial charge in [0.05, 0.1) is 13.0 Å². The van der Waals surface area contributed by atoms with Gasteiger partial charge in [0.15, 0.2) is 0 Å². The van der Waals surface area contributed by atoms with Gasteiger partial charge in [-0.15, -0.1) is 0 Å². The number of likely N-dealkylation sites (N-methyl/N-ethyl adjacent to an activating group) is 1. The number of ether oxygens (including phenoxy) is 1. The highest BCUT2D eigenvalue weighted by molar-refractivity contribution is 5.74. The molecule has 14 heavy (non-hydrogen) atoms. The molecule has 0 aromatic carbocycles. The van der Waals surface area contributed by atoms with Crippen molar-refractivity contribution in [2.75, 3.05) is 33.3 Å². The van der Waals surface area contributed by atoms with Crippen LogP contribution in [0.15, 0.2) is 0 Å². The molecule has 0 amide bonds. The van der Waals surface area contributed by atoms with Gasteiger partial charge in [0, 0.05) is 19.1 Å². The fourth-order valence-electron chi connectivity index (χ4n) is 2.13. The highest BCUT2D eigenvalue weighted by Crippen LogP contribution is 2.16. The average Bonchev–Trinajstić information content (AvgIpc) is 2.68. The Hall–Kier alpha value is -0.610. The third-order valence-electron chi connectivity index (χ3n) is 2.97. The molecular formula is C10H20N2O2. The average molecular weight is 200 g/mol. The van der Waals surface area contributed by atoms with E-state index in [4.69, 9.17) is 4.74 Å². The van der Waals surface area contributed by atoms with E-state index in [0.29, 0.717) is 6.04 Å². The summed E-state index contributed by atoms with van der Waals surface area (Å²) in [6, 6.07) is 0.303. The van der Waals surface area contributed by atoms with Gasteiger partial charge in [0.25, 0.3) is 0 Å². The van der Waals surface area contributed by atoms with Crippen molar-refractivity contribution < 1.29 is 9.53 Å². The topological polar surface area (TPSA) is 41.6 Å². The molecule has 1 fully saturated rings. The van der Waals surface area contributed by atoms with Crippen LogP contribution in [0.2, 0.25) is 0 Å². The van der Waals surface area contributed by atoms with E-state index < -0.39 is 0 Å². The number of esters is 1. The van der Waals surface area contributed by atoms with Gasteiger partial charge in [-0.3, -0.25) is 9.69 Å². The van der Waals surface area contributed by atoms with Gasteiger partial charge in [0.1, 0.15) is 0 Å². The first-order valence-corrected chi connectivity index (χ1v) is 5.27. The van der Waals surface area contributed by atoms with Crippen molar-refractivity contribution in [3.05, 3.63) is 0 Å². The van der Waals surface area contributed by atoms with E-state index >= 15 is 0 Å². The monoisotopic (exact) mass is 200 g/mol. The minimum atomic E-state index is -0.0908. The van der Waals surface area contributed by atoms with Gasteiger partial charge in [-0.2, -0.15) is 0 Å². The molecule has 4 nitrogen and oxygen atoms in total. The molecule has 0 saturated carbocycles. The molecule has 1 saturated heterocycles. The Morgan fingerprint density at radius 3 is 2.57 bits per heavy atom. The second kappa shape index (κ2) is 5.32. The third-order valence-corrected chi connectivity index (χ3v) is 2.97. The summed E-state index contributed by atoms with van der Waals surface area (Å²) in [5.41, 5.74) is 0. The van der Waals surface area contributed by atoms with Crippen LogP contribution in [0, 0.1) is 5.92 Å². The van der Waals surface area contributed by atoms with E-state index in [-0.39, 0.29) is 11.9 Å². The lowest BCUT2D eigenvalue weighted by molar-refractivity contribution is -0.146. The Morgan fingerprint density at radius 1 is 1.43 bits per heavy atom. The van der Waals surface area contributed by atoms with Crippen molar-refractivity contribution in [1.29, 1.82) is 0 Å². The van der Waals surface area contributed by atoms with Crippen LogP contribution >= 0.6 is 0 Å². The normalized spacial score (nSPS) is 26.9.